The van der Waals surface area contributed by atoms with Crippen molar-refractivity contribution < 1.29 is 19.0 Å². The van der Waals surface area contributed by atoms with E-state index in [0.29, 0.717) is 17.9 Å². The highest BCUT2D eigenvalue weighted by Crippen LogP contribution is 2.52. The van der Waals surface area contributed by atoms with Crippen LogP contribution in [0.2, 0.25) is 0 Å². The number of methoxy groups -OCH3 is 3. The topological polar surface area (TPSA) is 56.8 Å². The number of rotatable bonds is 6. The van der Waals surface area contributed by atoms with Gasteiger partial charge in [-0.3, -0.25) is 4.79 Å². The lowest BCUT2D eigenvalue weighted by Crippen LogP contribution is -2.20. The zero-order chi connectivity index (χ0) is 22.2. The number of hydrogen-bond acceptors (Lipinski definition) is 4. The molecule has 5 rings (SSSR count). The van der Waals surface area contributed by atoms with Gasteiger partial charge in [-0.25, -0.2) is 0 Å². The summed E-state index contributed by atoms with van der Waals surface area (Å²) in [4.78, 5) is 13.2. The summed E-state index contributed by atoms with van der Waals surface area (Å²) in [5.41, 5.74) is 6.29. The van der Waals surface area contributed by atoms with Crippen molar-refractivity contribution in [2.24, 2.45) is 0 Å². The van der Waals surface area contributed by atoms with E-state index in [2.05, 4.69) is 23.5 Å². The smallest absolute Gasteiger partial charge is 0.232 e. The molecule has 1 aliphatic carbocycles. The normalized spacial score (nSPS) is 18.5. The van der Waals surface area contributed by atoms with Gasteiger partial charge in [0.15, 0.2) is 11.5 Å². The Bertz CT molecular complexity index is 1230. The molecule has 1 amide bonds. The monoisotopic (exact) mass is 427 g/mol. The fraction of sp³-hybridized carbons (Fsp3) is 0.222. The van der Waals surface area contributed by atoms with Crippen molar-refractivity contribution in [3.8, 4) is 17.2 Å². The number of para-hydroxylation sites is 1. The van der Waals surface area contributed by atoms with Crippen LogP contribution in [0.15, 0.2) is 66.2 Å². The van der Waals surface area contributed by atoms with E-state index in [4.69, 9.17) is 14.2 Å². The maximum atomic E-state index is 13.2. The van der Waals surface area contributed by atoms with E-state index in [0.717, 1.165) is 33.7 Å². The Morgan fingerprint density at radius 1 is 0.781 bits per heavy atom. The SMILES string of the molecule is COc1ccc(OC)c(OC)c1CC1=Cc2ccccc2C1C1C(=O)Nc2ccccc21. The Balaban J connectivity index is 1.63. The lowest BCUT2D eigenvalue weighted by atomic mass is 9.78. The highest BCUT2D eigenvalue weighted by molar-refractivity contribution is 6.04. The van der Waals surface area contributed by atoms with E-state index in [1.807, 2.05) is 48.5 Å². The zero-order valence-electron chi connectivity index (χ0n) is 18.3. The third-order valence-corrected chi connectivity index (χ3v) is 6.45. The molecule has 0 radical (unpaired) electrons. The summed E-state index contributed by atoms with van der Waals surface area (Å²) < 4.78 is 16.9. The van der Waals surface area contributed by atoms with Crippen LogP contribution in [0.1, 0.15) is 34.1 Å². The Hall–Kier alpha value is -3.73. The second kappa shape index (κ2) is 8.08. The summed E-state index contributed by atoms with van der Waals surface area (Å²) in [6, 6.07) is 20.0. The van der Waals surface area contributed by atoms with Gasteiger partial charge in [0, 0.05) is 23.6 Å². The number of allylic oxidation sites excluding steroid dienone is 1. The van der Waals surface area contributed by atoms with Crippen LogP contribution in [0, 0.1) is 0 Å². The molecule has 2 aliphatic rings. The van der Waals surface area contributed by atoms with Crippen molar-refractivity contribution in [2.75, 3.05) is 26.6 Å². The van der Waals surface area contributed by atoms with Crippen LogP contribution in [0.25, 0.3) is 6.08 Å². The zero-order valence-corrected chi connectivity index (χ0v) is 18.3. The van der Waals surface area contributed by atoms with E-state index < -0.39 is 0 Å². The highest BCUT2D eigenvalue weighted by atomic mass is 16.5. The molecule has 0 bridgehead atoms. The number of ether oxygens (including phenoxy) is 3. The minimum atomic E-state index is -0.288. The van der Waals surface area contributed by atoms with Gasteiger partial charge >= 0.3 is 0 Å². The Kier molecular flexibility index (Phi) is 5.10. The van der Waals surface area contributed by atoms with Crippen molar-refractivity contribution in [2.45, 2.75) is 18.3 Å². The summed E-state index contributed by atoms with van der Waals surface area (Å²) >= 11 is 0. The van der Waals surface area contributed by atoms with E-state index in [1.165, 1.54) is 5.56 Å². The molecule has 1 N–H and O–H groups in total. The van der Waals surface area contributed by atoms with Crippen molar-refractivity contribution in [1.82, 2.24) is 0 Å². The molecule has 0 spiro atoms. The van der Waals surface area contributed by atoms with E-state index in [9.17, 15) is 4.79 Å². The lowest BCUT2D eigenvalue weighted by Gasteiger charge is -2.24. The summed E-state index contributed by atoms with van der Waals surface area (Å²) in [5, 5.41) is 3.07. The van der Waals surface area contributed by atoms with Gasteiger partial charge in [0.1, 0.15) is 5.75 Å². The minimum Gasteiger partial charge on any atom is -0.496 e. The van der Waals surface area contributed by atoms with E-state index >= 15 is 0 Å². The summed E-state index contributed by atoms with van der Waals surface area (Å²) in [7, 11) is 4.92. The van der Waals surface area contributed by atoms with Gasteiger partial charge in [-0.2, -0.15) is 0 Å². The summed E-state index contributed by atoms with van der Waals surface area (Å²) in [5.74, 6) is 1.70. The number of carbonyl (C=O) groups is 1. The Labute approximate surface area is 187 Å². The molecule has 32 heavy (non-hydrogen) atoms. The third kappa shape index (κ3) is 3.12. The number of nitrogens with one attached hydrogen (secondary N) is 1. The second-order valence-corrected chi connectivity index (χ2v) is 8.04. The van der Waals surface area contributed by atoms with Gasteiger partial charge < -0.3 is 19.5 Å². The van der Waals surface area contributed by atoms with Crippen molar-refractivity contribution in [1.29, 1.82) is 0 Å². The maximum absolute atomic E-state index is 13.2. The van der Waals surface area contributed by atoms with Gasteiger partial charge in [-0.15, -0.1) is 0 Å². The Morgan fingerprint density at radius 3 is 2.22 bits per heavy atom. The van der Waals surface area contributed by atoms with Crippen LogP contribution in [0.4, 0.5) is 5.69 Å². The van der Waals surface area contributed by atoms with Crippen LogP contribution >= 0.6 is 0 Å². The fourth-order valence-electron chi connectivity index (χ4n) is 5.07. The molecule has 2 atom stereocenters. The predicted octanol–water partition coefficient (Wildman–Crippen LogP) is 5.17. The molecule has 3 aromatic rings. The first-order chi connectivity index (χ1) is 15.7. The quantitative estimate of drug-likeness (QED) is 0.590. The van der Waals surface area contributed by atoms with Gasteiger partial charge in [-0.1, -0.05) is 54.1 Å². The van der Waals surface area contributed by atoms with E-state index in [-0.39, 0.29) is 17.7 Å². The van der Waals surface area contributed by atoms with Gasteiger partial charge in [0.05, 0.1) is 27.2 Å². The number of hydrogen-bond donors (Lipinski definition) is 1. The van der Waals surface area contributed by atoms with E-state index in [1.54, 1.807) is 21.3 Å². The van der Waals surface area contributed by atoms with Crippen molar-refractivity contribution >= 4 is 17.7 Å². The molecule has 0 fully saturated rings. The number of fused-ring (bicyclic) bond motifs is 2. The molecule has 0 saturated heterocycles. The largest absolute Gasteiger partial charge is 0.496 e. The molecule has 1 heterocycles. The number of carbonyl (C=O) groups excluding carboxylic acids is 1. The Morgan fingerprint density at radius 2 is 1.47 bits per heavy atom. The van der Waals surface area contributed by atoms with Crippen LogP contribution in [0.5, 0.6) is 17.2 Å². The molecule has 2 unspecified atom stereocenters. The molecular formula is C27H25NO4. The van der Waals surface area contributed by atoms with Crippen LogP contribution in [-0.4, -0.2) is 27.2 Å². The number of benzene rings is 3. The van der Waals surface area contributed by atoms with Crippen LogP contribution in [0.3, 0.4) is 0 Å². The van der Waals surface area contributed by atoms with Gasteiger partial charge in [0.2, 0.25) is 5.91 Å². The second-order valence-electron chi connectivity index (χ2n) is 8.04. The summed E-state index contributed by atoms with van der Waals surface area (Å²) in [6.45, 7) is 0. The molecule has 0 saturated carbocycles. The molecule has 1 aliphatic heterocycles. The molecule has 162 valence electrons. The summed E-state index contributed by atoms with van der Waals surface area (Å²) in [6.07, 6.45) is 2.78. The van der Waals surface area contributed by atoms with Crippen molar-refractivity contribution in [3.63, 3.8) is 0 Å². The standard InChI is InChI=1S/C27H25NO4/c1-30-22-12-13-23(31-2)26(32-3)20(22)15-17-14-16-8-4-5-9-18(16)24(17)25-19-10-6-7-11-21(19)28-27(25)29/h4-14,24-25H,15H2,1-3H3,(H,28,29). The third-order valence-electron chi connectivity index (χ3n) is 6.45. The first kappa shape index (κ1) is 20.2. The number of anilines is 1. The number of amides is 1. The average Bonchev–Trinajstić information content (AvgIpc) is 3.34. The van der Waals surface area contributed by atoms with Crippen LogP contribution < -0.4 is 19.5 Å². The first-order valence-electron chi connectivity index (χ1n) is 10.6. The molecule has 3 aromatic carbocycles. The maximum Gasteiger partial charge on any atom is 0.232 e. The van der Waals surface area contributed by atoms with Gasteiger partial charge in [-0.05, 0) is 34.9 Å². The van der Waals surface area contributed by atoms with Gasteiger partial charge in [0.25, 0.3) is 0 Å². The lowest BCUT2D eigenvalue weighted by molar-refractivity contribution is -0.117. The molecule has 5 nitrogen and oxygen atoms in total. The van der Waals surface area contributed by atoms with Crippen LogP contribution in [-0.2, 0) is 11.2 Å². The highest BCUT2D eigenvalue weighted by Gasteiger charge is 2.42. The fourth-order valence-corrected chi connectivity index (χ4v) is 5.07. The molecule has 5 heteroatoms. The average molecular weight is 428 g/mol. The predicted molar refractivity (Wildman–Crippen MR) is 125 cm³/mol. The minimum absolute atomic E-state index is 0.0309. The first-order valence-corrected chi connectivity index (χ1v) is 10.6. The molecule has 0 aromatic heterocycles. The molecular weight excluding hydrogens is 402 g/mol. The van der Waals surface area contributed by atoms with Crippen molar-refractivity contribution in [3.05, 3.63) is 88.5 Å².